The van der Waals surface area contributed by atoms with Crippen LogP contribution < -0.4 is 10.2 Å². The Hall–Kier alpha value is -5.96. The predicted octanol–water partition coefficient (Wildman–Crippen LogP) is 7.35. The number of carboxylic acid groups (broad SMARTS) is 1. The van der Waals surface area contributed by atoms with E-state index < -0.39 is 12.1 Å². The fourth-order valence-corrected chi connectivity index (χ4v) is 6.37. The summed E-state index contributed by atoms with van der Waals surface area (Å²) in [5, 5.41) is 16.3. The number of benzene rings is 4. The lowest BCUT2D eigenvalue weighted by Crippen LogP contribution is -2.22. The van der Waals surface area contributed by atoms with Gasteiger partial charge in [0.2, 0.25) is 12.0 Å². The van der Waals surface area contributed by atoms with Gasteiger partial charge in [-0.2, -0.15) is 0 Å². The second kappa shape index (κ2) is 15.1. The Morgan fingerprint density at radius 2 is 1.54 bits per heavy atom. The second-order valence-electron chi connectivity index (χ2n) is 12.6. The largest absolute Gasteiger partial charge is 0.478 e. The number of amides is 1. The summed E-state index contributed by atoms with van der Waals surface area (Å²) in [5.74, 6) is -0.380. The van der Waals surface area contributed by atoms with E-state index >= 15 is 0 Å². The third-order valence-corrected chi connectivity index (χ3v) is 9.16. The van der Waals surface area contributed by atoms with Crippen molar-refractivity contribution >= 4 is 29.4 Å². The Labute approximate surface area is 291 Å². The van der Waals surface area contributed by atoms with E-state index in [-0.39, 0.29) is 12.3 Å². The van der Waals surface area contributed by atoms with E-state index in [9.17, 15) is 14.7 Å². The molecule has 0 spiro atoms. The number of nitrogens with zero attached hydrogens (tertiary/aromatic N) is 3. The van der Waals surface area contributed by atoms with Crippen molar-refractivity contribution in [2.45, 2.75) is 38.2 Å². The van der Waals surface area contributed by atoms with Gasteiger partial charge in [-0.3, -0.25) is 4.79 Å². The highest BCUT2D eigenvalue weighted by atomic mass is 16.7. The number of carboxylic acids is 1. The summed E-state index contributed by atoms with van der Waals surface area (Å²) in [5.41, 5.74) is 9.33. The molecule has 252 valence electrons. The van der Waals surface area contributed by atoms with Gasteiger partial charge in [0.25, 0.3) is 0 Å². The summed E-state index contributed by atoms with van der Waals surface area (Å²) in [7, 11) is 0. The minimum atomic E-state index is -1.03. The molecular weight excluding hydrogens is 626 g/mol. The standard InChI is InChI=1S/C41H39N5O4/c47-37(42-24-6-9-28-7-2-1-3-8-28)23-12-29-10-13-31(14-11-29)38-39(32-17-15-30(16-18-32)35-27-36(41(48)49)50-45-35)44-40(43-38)33-19-21-34(22-20-33)46-25-4-5-26-46/h1-3,7-8,10-23,36H,4-6,9,24-27H2,(H,42,47)(H,43,44)(H,48,49)/b23-12+. The Bertz CT molecular complexity index is 1990. The Kier molecular flexibility index (Phi) is 9.82. The van der Waals surface area contributed by atoms with Gasteiger partial charge in [0.05, 0.1) is 17.1 Å². The fraction of sp³-hybridized carbons (Fsp3) is 0.220. The number of carbonyl (C=O) groups excluding carboxylic acids is 1. The zero-order valence-electron chi connectivity index (χ0n) is 27.7. The van der Waals surface area contributed by atoms with Crippen LogP contribution in [0.2, 0.25) is 0 Å². The summed E-state index contributed by atoms with van der Waals surface area (Å²) >= 11 is 0. The number of hydrogen-bond acceptors (Lipinski definition) is 6. The number of aromatic nitrogens is 2. The topological polar surface area (TPSA) is 120 Å². The van der Waals surface area contributed by atoms with Crippen LogP contribution >= 0.6 is 0 Å². The molecule has 1 saturated heterocycles. The van der Waals surface area contributed by atoms with Crippen LogP contribution in [0.4, 0.5) is 5.69 Å². The molecule has 5 aromatic rings. The number of H-pyrrole nitrogens is 1. The molecule has 0 aliphatic carbocycles. The van der Waals surface area contributed by atoms with Gasteiger partial charge in [0, 0.05) is 54.5 Å². The first-order valence-corrected chi connectivity index (χ1v) is 17.1. The quantitative estimate of drug-likeness (QED) is 0.0947. The highest BCUT2D eigenvalue weighted by Gasteiger charge is 2.28. The molecule has 0 saturated carbocycles. The zero-order valence-corrected chi connectivity index (χ0v) is 27.7. The van der Waals surface area contributed by atoms with E-state index in [1.54, 1.807) is 6.08 Å². The lowest BCUT2D eigenvalue weighted by molar-refractivity contribution is -0.148. The minimum Gasteiger partial charge on any atom is -0.478 e. The van der Waals surface area contributed by atoms with Crippen LogP contribution in [0.25, 0.3) is 40.0 Å². The van der Waals surface area contributed by atoms with Gasteiger partial charge in [-0.15, -0.1) is 0 Å². The number of anilines is 1. The predicted molar refractivity (Wildman–Crippen MR) is 197 cm³/mol. The average Bonchev–Trinajstić information content (AvgIpc) is 3.96. The van der Waals surface area contributed by atoms with E-state index in [1.165, 1.54) is 24.1 Å². The van der Waals surface area contributed by atoms with Gasteiger partial charge in [-0.1, -0.05) is 84.0 Å². The number of aliphatic carboxylic acids is 1. The highest BCUT2D eigenvalue weighted by molar-refractivity contribution is 6.03. The van der Waals surface area contributed by atoms with Crippen LogP contribution in [0.3, 0.4) is 0 Å². The molecule has 1 fully saturated rings. The molecule has 0 bridgehead atoms. The molecule has 2 aliphatic rings. The highest BCUT2D eigenvalue weighted by Crippen LogP contribution is 2.34. The molecule has 1 unspecified atom stereocenters. The number of aromatic amines is 1. The molecule has 7 rings (SSSR count). The number of aryl methyl sites for hydroxylation is 1. The number of imidazole rings is 1. The molecule has 9 heteroatoms. The van der Waals surface area contributed by atoms with Crippen molar-refractivity contribution in [2.24, 2.45) is 5.16 Å². The number of oxime groups is 1. The Balaban J connectivity index is 1.09. The molecule has 1 amide bonds. The van der Waals surface area contributed by atoms with Crippen LogP contribution in [-0.4, -0.2) is 58.4 Å². The van der Waals surface area contributed by atoms with Crippen molar-refractivity contribution in [3.05, 3.63) is 126 Å². The van der Waals surface area contributed by atoms with Gasteiger partial charge in [0.15, 0.2) is 0 Å². The van der Waals surface area contributed by atoms with Crippen molar-refractivity contribution in [1.29, 1.82) is 0 Å². The summed E-state index contributed by atoms with van der Waals surface area (Å²) in [6, 6.07) is 34.6. The zero-order chi connectivity index (χ0) is 34.3. The van der Waals surface area contributed by atoms with Crippen molar-refractivity contribution in [3.8, 4) is 33.9 Å². The summed E-state index contributed by atoms with van der Waals surface area (Å²) in [6.45, 7) is 2.80. The number of hydrogen-bond donors (Lipinski definition) is 3. The van der Waals surface area contributed by atoms with Crippen molar-refractivity contribution < 1.29 is 19.5 Å². The molecule has 50 heavy (non-hydrogen) atoms. The first-order chi connectivity index (χ1) is 24.5. The first kappa shape index (κ1) is 32.6. The van der Waals surface area contributed by atoms with E-state index in [2.05, 4.69) is 56.8 Å². The summed E-state index contributed by atoms with van der Waals surface area (Å²) < 4.78 is 0. The van der Waals surface area contributed by atoms with Gasteiger partial charge >= 0.3 is 5.97 Å². The maximum absolute atomic E-state index is 12.5. The van der Waals surface area contributed by atoms with Crippen LogP contribution in [-0.2, 0) is 20.8 Å². The first-order valence-electron chi connectivity index (χ1n) is 17.1. The van der Waals surface area contributed by atoms with Crippen LogP contribution in [0.5, 0.6) is 0 Å². The van der Waals surface area contributed by atoms with Gasteiger partial charge in [-0.25, -0.2) is 9.78 Å². The number of nitrogens with one attached hydrogen (secondary N) is 2. The second-order valence-corrected chi connectivity index (χ2v) is 12.6. The molecular formula is C41H39N5O4. The van der Waals surface area contributed by atoms with Crippen molar-refractivity contribution in [1.82, 2.24) is 15.3 Å². The van der Waals surface area contributed by atoms with Crippen LogP contribution in [0.15, 0.2) is 114 Å². The normalized spacial score (nSPS) is 15.6. The summed E-state index contributed by atoms with van der Waals surface area (Å²) in [4.78, 5) is 40.0. The lowest BCUT2D eigenvalue weighted by Gasteiger charge is -2.17. The third-order valence-electron chi connectivity index (χ3n) is 9.16. The molecule has 9 nitrogen and oxygen atoms in total. The summed E-state index contributed by atoms with van der Waals surface area (Å²) in [6.07, 6.45) is 6.91. The molecule has 3 heterocycles. The van der Waals surface area contributed by atoms with Crippen LogP contribution in [0, 0.1) is 0 Å². The Morgan fingerprint density at radius 3 is 2.24 bits per heavy atom. The molecule has 3 N–H and O–H groups in total. The van der Waals surface area contributed by atoms with Gasteiger partial charge in [0.1, 0.15) is 5.82 Å². The van der Waals surface area contributed by atoms with Crippen LogP contribution in [0.1, 0.15) is 42.4 Å². The molecule has 1 aromatic heterocycles. The van der Waals surface area contributed by atoms with E-state index in [4.69, 9.17) is 9.82 Å². The smallest absolute Gasteiger partial charge is 0.348 e. The third kappa shape index (κ3) is 7.68. The Morgan fingerprint density at radius 1 is 0.860 bits per heavy atom. The van der Waals surface area contributed by atoms with Crippen molar-refractivity contribution in [3.63, 3.8) is 0 Å². The van der Waals surface area contributed by atoms with E-state index in [0.29, 0.717) is 12.3 Å². The maximum atomic E-state index is 12.5. The SMILES string of the molecule is O=C(/C=C/c1ccc(-c2[nH]c(-c3ccc(N4CCCC4)cc3)nc2-c2ccc(C3=NOC(C(=O)O)C3)cc2)cc1)NCCCc1ccccc1. The molecule has 2 aliphatic heterocycles. The van der Waals surface area contributed by atoms with Gasteiger partial charge < -0.3 is 25.1 Å². The number of rotatable bonds is 12. The molecule has 1 atom stereocenters. The van der Waals surface area contributed by atoms with E-state index in [0.717, 1.165) is 71.0 Å². The maximum Gasteiger partial charge on any atom is 0.348 e. The molecule has 4 aromatic carbocycles. The monoisotopic (exact) mass is 665 g/mol. The number of carbonyl (C=O) groups is 2. The van der Waals surface area contributed by atoms with Crippen molar-refractivity contribution in [2.75, 3.05) is 24.5 Å². The van der Waals surface area contributed by atoms with E-state index in [1.807, 2.05) is 72.8 Å². The van der Waals surface area contributed by atoms with Gasteiger partial charge in [-0.05, 0) is 72.7 Å². The molecule has 0 radical (unpaired) electrons. The minimum absolute atomic E-state index is 0.115. The lowest BCUT2D eigenvalue weighted by atomic mass is 10.00. The average molecular weight is 666 g/mol. The fourth-order valence-electron chi connectivity index (χ4n) is 6.37.